The van der Waals surface area contributed by atoms with Crippen molar-refractivity contribution in [1.82, 2.24) is 4.37 Å². The van der Waals surface area contributed by atoms with Crippen LogP contribution in [0.5, 0.6) is 0 Å². The Labute approximate surface area is 75.7 Å². The van der Waals surface area contributed by atoms with Crippen molar-refractivity contribution in [2.75, 3.05) is 0 Å². The number of hydrogen-bond donors (Lipinski definition) is 1. The normalized spacial score (nSPS) is 10.6. The monoisotopic (exact) mass is 233 g/mol. The summed E-state index contributed by atoms with van der Waals surface area (Å²) in [7, 11) is 0. The maximum Gasteiger partial charge on any atom is 0.328 e. The molecule has 5 heteroatoms. The van der Waals surface area contributed by atoms with Crippen molar-refractivity contribution >= 4 is 39.5 Å². The lowest BCUT2D eigenvalue weighted by molar-refractivity contribution is -0.131. The highest BCUT2D eigenvalue weighted by Gasteiger charge is 1.97. The third-order valence-corrected chi connectivity index (χ3v) is 2.59. The first kappa shape index (κ1) is 8.42. The van der Waals surface area contributed by atoms with Crippen molar-refractivity contribution in [3.63, 3.8) is 0 Å². The Kier molecular flexibility index (Phi) is 2.78. The fourth-order valence-electron chi connectivity index (χ4n) is 0.494. The summed E-state index contributed by atoms with van der Waals surface area (Å²) in [6.45, 7) is 0. The summed E-state index contributed by atoms with van der Waals surface area (Å²) in [5.74, 6) is -0.953. The van der Waals surface area contributed by atoms with Gasteiger partial charge < -0.3 is 5.11 Å². The minimum atomic E-state index is -0.953. The molecule has 1 rings (SSSR count). The number of carbonyl (C=O) groups is 1. The lowest BCUT2D eigenvalue weighted by Gasteiger charge is -1.82. The summed E-state index contributed by atoms with van der Waals surface area (Å²) < 4.78 is 4.67. The van der Waals surface area contributed by atoms with Crippen molar-refractivity contribution in [2.45, 2.75) is 0 Å². The van der Waals surface area contributed by atoms with Crippen molar-refractivity contribution in [3.8, 4) is 0 Å². The summed E-state index contributed by atoms with van der Waals surface area (Å²) in [6.07, 6.45) is 4.22. The number of hydrogen-bond acceptors (Lipinski definition) is 3. The lowest BCUT2D eigenvalue weighted by Crippen LogP contribution is -1.84. The van der Waals surface area contributed by atoms with Crippen LogP contribution in [0.4, 0.5) is 0 Å². The molecular weight excluding hydrogens is 230 g/mol. The molecule has 3 nitrogen and oxygen atoms in total. The predicted octanol–water partition coefficient (Wildman–Crippen LogP) is 2.00. The van der Waals surface area contributed by atoms with Crippen LogP contribution in [-0.2, 0) is 4.79 Å². The highest BCUT2D eigenvalue weighted by molar-refractivity contribution is 9.10. The fraction of sp³-hybridized carbons (Fsp3) is 0. The van der Waals surface area contributed by atoms with Gasteiger partial charge in [-0.25, -0.2) is 4.79 Å². The molecule has 0 radical (unpaired) electrons. The van der Waals surface area contributed by atoms with Crippen molar-refractivity contribution in [1.29, 1.82) is 0 Å². The van der Waals surface area contributed by atoms with E-state index in [9.17, 15) is 4.79 Å². The molecule has 11 heavy (non-hydrogen) atoms. The smallest absolute Gasteiger partial charge is 0.328 e. The van der Waals surface area contributed by atoms with Crippen LogP contribution in [0.3, 0.4) is 0 Å². The van der Waals surface area contributed by atoms with Gasteiger partial charge in [-0.1, -0.05) is 0 Å². The number of carboxylic acids is 1. The molecule has 0 saturated heterocycles. The first-order valence-electron chi connectivity index (χ1n) is 2.71. The van der Waals surface area contributed by atoms with Gasteiger partial charge in [0, 0.05) is 6.08 Å². The molecule has 0 spiro atoms. The first-order chi connectivity index (χ1) is 5.20. The molecule has 1 aromatic heterocycles. The molecule has 0 saturated carbocycles. The number of halogens is 1. The number of nitrogens with zero attached hydrogens (tertiary/aromatic N) is 1. The van der Waals surface area contributed by atoms with Gasteiger partial charge in [0.25, 0.3) is 0 Å². The molecule has 0 aliphatic carbocycles. The van der Waals surface area contributed by atoms with E-state index < -0.39 is 5.97 Å². The van der Waals surface area contributed by atoms with Crippen LogP contribution in [0.2, 0.25) is 0 Å². The highest BCUT2D eigenvalue weighted by atomic mass is 79.9. The van der Waals surface area contributed by atoms with Gasteiger partial charge in [-0.05, 0) is 33.5 Å². The Hall–Kier alpha value is -0.680. The van der Waals surface area contributed by atoms with E-state index in [2.05, 4.69) is 20.3 Å². The molecule has 0 unspecified atom stereocenters. The number of carboxylic acid groups (broad SMARTS) is 1. The van der Waals surface area contributed by atoms with Crippen molar-refractivity contribution < 1.29 is 9.90 Å². The van der Waals surface area contributed by atoms with E-state index in [-0.39, 0.29) is 0 Å². The molecule has 0 amide bonds. The summed E-state index contributed by atoms with van der Waals surface area (Å²) >= 11 is 4.46. The topological polar surface area (TPSA) is 50.2 Å². The van der Waals surface area contributed by atoms with Crippen LogP contribution in [0.1, 0.15) is 4.88 Å². The Morgan fingerprint density at radius 1 is 1.82 bits per heavy atom. The number of aliphatic carboxylic acids is 1. The summed E-state index contributed by atoms with van der Waals surface area (Å²) in [4.78, 5) is 10.9. The third kappa shape index (κ3) is 2.44. The standard InChI is InChI=1S/C6H4BrNO2S/c7-4-3-8-11-5(4)1-2-6(9)10/h1-3H,(H,9,10)/b2-1+. The largest absolute Gasteiger partial charge is 0.478 e. The molecule has 0 aliphatic rings. The van der Waals surface area contributed by atoms with Crippen LogP contribution >= 0.6 is 27.5 Å². The van der Waals surface area contributed by atoms with Crippen molar-refractivity contribution in [2.24, 2.45) is 0 Å². The molecule has 0 aromatic carbocycles. The SMILES string of the molecule is O=C(O)/C=C/c1sncc1Br. The van der Waals surface area contributed by atoms with Crippen LogP contribution in [-0.4, -0.2) is 15.4 Å². The average molecular weight is 234 g/mol. The van der Waals surface area contributed by atoms with Gasteiger partial charge in [-0.3, -0.25) is 0 Å². The summed E-state index contributed by atoms with van der Waals surface area (Å²) in [5.41, 5.74) is 0. The van der Waals surface area contributed by atoms with Crippen LogP contribution < -0.4 is 0 Å². The van der Waals surface area contributed by atoms with E-state index in [0.29, 0.717) is 0 Å². The van der Waals surface area contributed by atoms with Crippen LogP contribution in [0, 0.1) is 0 Å². The number of aromatic nitrogens is 1. The Morgan fingerprint density at radius 2 is 2.55 bits per heavy atom. The summed E-state index contributed by atoms with van der Waals surface area (Å²) in [5, 5.41) is 8.29. The van der Waals surface area contributed by atoms with E-state index in [1.54, 1.807) is 6.20 Å². The molecule has 0 atom stereocenters. The van der Waals surface area contributed by atoms with Gasteiger partial charge in [0.2, 0.25) is 0 Å². The zero-order valence-corrected chi connectivity index (χ0v) is 7.72. The fourth-order valence-corrected chi connectivity index (χ4v) is 1.62. The van der Waals surface area contributed by atoms with Crippen LogP contribution in [0.15, 0.2) is 16.7 Å². The van der Waals surface area contributed by atoms with Gasteiger partial charge in [0.05, 0.1) is 15.5 Å². The van der Waals surface area contributed by atoms with E-state index in [1.165, 1.54) is 17.6 Å². The quantitative estimate of drug-likeness (QED) is 0.796. The van der Waals surface area contributed by atoms with Crippen LogP contribution in [0.25, 0.3) is 6.08 Å². The van der Waals surface area contributed by atoms with Crippen molar-refractivity contribution in [3.05, 3.63) is 21.6 Å². The minimum Gasteiger partial charge on any atom is -0.478 e. The van der Waals surface area contributed by atoms with Gasteiger partial charge in [-0.2, -0.15) is 4.37 Å². The van der Waals surface area contributed by atoms with E-state index in [4.69, 9.17) is 5.11 Å². The average Bonchev–Trinajstić information content (AvgIpc) is 2.31. The number of rotatable bonds is 2. The van der Waals surface area contributed by atoms with Gasteiger partial charge in [0.15, 0.2) is 0 Å². The lowest BCUT2D eigenvalue weighted by atomic mass is 10.4. The highest BCUT2D eigenvalue weighted by Crippen LogP contribution is 2.20. The Morgan fingerprint density at radius 3 is 3.00 bits per heavy atom. The molecule has 58 valence electrons. The molecule has 1 N–H and O–H groups in total. The molecule has 1 aromatic rings. The zero-order valence-electron chi connectivity index (χ0n) is 5.32. The van der Waals surface area contributed by atoms with E-state index in [1.807, 2.05) is 0 Å². The molecule has 0 aliphatic heterocycles. The second kappa shape index (κ2) is 3.64. The van der Waals surface area contributed by atoms with Gasteiger partial charge >= 0.3 is 5.97 Å². The molecule has 0 fully saturated rings. The Bertz CT molecular complexity index is 295. The second-order valence-corrected chi connectivity index (χ2v) is 3.40. The first-order valence-corrected chi connectivity index (χ1v) is 4.28. The zero-order chi connectivity index (χ0) is 8.27. The summed E-state index contributed by atoms with van der Waals surface area (Å²) in [6, 6.07) is 0. The molecular formula is C6H4BrNO2S. The maximum absolute atomic E-state index is 10.1. The minimum absolute atomic E-state index is 0.812. The second-order valence-electron chi connectivity index (χ2n) is 1.71. The Balaban J connectivity index is 2.79. The molecule has 0 bridgehead atoms. The predicted molar refractivity (Wildman–Crippen MR) is 46.5 cm³/mol. The van der Waals surface area contributed by atoms with E-state index >= 15 is 0 Å². The third-order valence-electron chi connectivity index (χ3n) is 0.930. The van der Waals surface area contributed by atoms with E-state index in [0.717, 1.165) is 15.4 Å². The molecule has 1 heterocycles. The maximum atomic E-state index is 10.1. The van der Waals surface area contributed by atoms with Gasteiger partial charge in [-0.15, -0.1) is 0 Å². The van der Waals surface area contributed by atoms with Gasteiger partial charge in [0.1, 0.15) is 0 Å².